The van der Waals surface area contributed by atoms with Crippen LogP contribution in [-0.2, 0) is 0 Å². The van der Waals surface area contributed by atoms with E-state index < -0.39 is 0 Å². The van der Waals surface area contributed by atoms with E-state index in [0.717, 1.165) is 0 Å². The zero-order valence-electron chi connectivity index (χ0n) is 17.0. The van der Waals surface area contributed by atoms with Crippen molar-refractivity contribution < 1.29 is 0 Å². The lowest BCUT2D eigenvalue weighted by Crippen LogP contribution is -2.01. The molecule has 0 bridgehead atoms. The van der Waals surface area contributed by atoms with E-state index in [0.29, 0.717) is 0 Å². The number of hydrogen-bond acceptors (Lipinski definition) is 0. The van der Waals surface area contributed by atoms with Gasteiger partial charge in [0.05, 0.1) is 0 Å². The molecule has 4 rings (SSSR count). The summed E-state index contributed by atoms with van der Waals surface area (Å²) in [5.41, 5.74) is 8.93. The molecule has 0 atom stereocenters. The van der Waals surface area contributed by atoms with Gasteiger partial charge in [-0.3, -0.25) is 0 Å². The number of allylic oxidation sites excluding steroid dienone is 1. The maximum atomic E-state index is 2.42. The largest absolute Gasteiger partial charge is 0.0642 e. The van der Waals surface area contributed by atoms with Crippen LogP contribution in [0.5, 0.6) is 0 Å². The van der Waals surface area contributed by atoms with Crippen LogP contribution in [0.3, 0.4) is 0 Å². The highest BCUT2D eigenvalue weighted by molar-refractivity contribution is 5.80. The summed E-state index contributed by atoms with van der Waals surface area (Å²) in [5, 5.41) is 0. The van der Waals surface area contributed by atoms with Gasteiger partial charge in [-0.1, -0.05) is 126 Å². The first kappa shape index (κ1) is 19.0. The lowest BCUT2D eigenvalue weighted by Gasteiger charge is -2.18. The van der Waals surface area contributed by atoms with Crippen molar-refractivity contribution >= 4 is 5.57 Å². The van der Waals surface area contributed by atoms with Gasteiger partial charge in [0.1, 0.15) is 0 Å². The second-order valence-electron chi connectivity index (χ2n) is 7.61. The van der Waals surface area contributed by atoms with E-state index in [9.17, 15) is 0 Å². The molecule has 142 valence electrons. The van der Waals surface area contributed by atoms with E-state index in [1.807, 2.05) is 0 Å². The van der Waals surface area contributed by atoms with E-state index in [1.165, 1.54) is 39.0 Å². The molecule has 29 heavy (non-hydrogen) atoms. The molecule has 0 aliphatic carbocycles. The van der Waals surface area contributed by atoms with Crippen molar-refractivity contribution in [3.8, 4) is 0 Å². The lowest BCUT2D eigenvalue weighted by atomic mass is 9.85. The predicted molar refractivity (Wildman–Crippen MR) is 124 cm³/mol. The van der Waals surface area contributed by atoms with Crippen molar-refractivity contribution in [3.05, 3.63) is 149 Å². The summed E-state index contributed by atoms with van der Waals surface area (Å²) in [6.07, 6.45) is 2.42. The van der Waals surface area contributed by atoms with Gasteiger partial charge in [0, 0.05) is 5.92 Å². The molecule has 0 N–H and O–H groups in total. The minimum absolute atomic E-state index is 0.187. The highest BCUT2D eigenvalue weighted by Gasteiger charge is 2.15. The number of hydrogen-bond donors (Lipinski definition) is 0. The van der Waals surface area contributed by atoms with Crippen LogP contribution in [0, 0.1) is 13.8 Å². The first-order chi connectivity index (χ1) is 14.2. The summed E-state index contributed by atoms with van der Waals surface area (Å²) >= 11 is 0. The Labute approximate surface area is 174 Å². The molecule has 4 aromatic rings. The number of aryl methyl sites for hydroxylation is 2. The summed E-state index contributed by atoms with van der Waals surface area (Å²) in [4.78, 5) is 0. The Balaban J connectivity index is 1.90. The molecule has 0 saturated carbocycles. The maximum Gasteiger partial charge on any atom is 0.0278 e. The van der Waals surface area contributed by atoms with Crippen LogP contribution in [0.1, 0.15) is 39.3 Å². The summed E-state index contributed by atoms with van der Waals surface area (Å²) in [6.45, 7) is 4.28. The van der Waals surface area contributed by atoms with Crippen LogP contribution >= 0.6 is 0 Å². The summed E-state index contributed by atoms with van der Waals surface area (Å²) in [5.74, 6) is 0.187. The van der Waals surface area contributed by atoms with Crippen molar-refractivity contribution in [1.29, 1.82) is 0 Å². The van der Waals surface area contributed by atoms with E-state index >= 15 is 0 Å². The standard InChI is InChI=1S/C29H26/c1-22-13-17-26(18-14-22)29(27-19-15-23(2)16-20-27)21-28(24-9-5-3-6-10-24)25-11-7-4-8-12-25/h3-21,29H,1-2H3. The normalized spacial score (nSPS) is 10.7. The zero-order valence-corrected chi connectivity index (χ0v) is 17.0. The molecule has 0 unspecified atom stereocenters. The topological polar surface area (TPSA) is 0 Å². The maximum absolute atomic E-state index is 2.42. The Kier molecular flexibility index (Phi) is 5.72. The van der Waals surface area contributed by atoms with Crippen LogP contribution < -0.4 is 0 Å². The Morgan fingerprint density at radius 1 is 0.517 bits per heavy atom. The highest BCUT2D eigenvalue weighted by atomic mass is 14.2. The lowest BCUT2D eigenvalue weighted by molar-refractivity contribution is 1.02. The minimum atomic E-state index is 0.187. The molecule has 4 aromatic carbocycles. The fourth-order valence-electron chi connectivity index (χ4n) is 3.69. The first-order valence-corrected chi connectivity index (χ1v) is 10.2. The van der Waals surface area contributed by atoms with E-state index in [-0.39, 0.29) is 5.92 Å². The minimum Gasteiger partial charge on any atom is -0.0642 e. The third-order valence-electron chi connectivity index (χ3n) is 5.38. The van der Waals surface area contributed by atoms with Crippen LogP contribution in [0.4, 0.5) is 0 Å². The second kappa shape index (κ2) is 8.75. The molecule has 0 spiro atoms. The molecule has 0 heteroatoms. The third kappa shape index (κ3) is 4.55. The van der Waals surface area contributed by atoms with E-state index in [4.69, 9.17) is 0 Å². The van der Waals surface area contributed by atoms with Gasteiger partial charge in [-0.15, -0.1) is 0 Å². The molecule has 0 aliphatic heterocycles. The Morgan fingerprint density at radius 2 is 0.897 bits per heavy atom. The Hall–Kier alpha value is -3.38. The van der Waals surface area contributed by atoms with Gasteiger partial charge in [-0.2, -0.15) is 0 Å². The van der Waals surface area contributed by atoms with Crippen LogP contribution in [-0.4, -0.2) is 0 Å². The van der Waals surface area contributed by atoms with Gasteiger partial charge in [0.15, 0.2) is 0 Å². The molecule has 0 aliphatic rings. The molecule has 0 saturated heterocycles. The summed E-state index contributed by atoms with van der Waals surface area (Å²) in [6, 6.07) is 39.2. The van der Waals surface area contributed by atoms with Crippen LogP contribution in [0.25, 0.3) is 5.57 Å². The third-order valence-corrected chi connectivity index (χ3v) is 5.38. The SMILES string of the molecule is Cc1ccc(C(C=C(c2ccccc2)c2ccccc2)c2ccc(C)cc2)cc1. The van der Waals surface area contributed by atoms with Gasteiger partial charge in [0.25, 0.3) is 0 Å². The van der Waals surface area contributed by atoms with Gasteiger partial charge in [0.2, 0.25) is 0 Å². The number of rotatable bonds is 5. The van der Waals surface area contributed by atoms with Crippen LogP contribution in [0.2, 0.25) is 0 Å². The van der Waals surface area contributed by atoms with E-state index in [2.05, 4.69) is 129 Å². The summed E-state index contributed by atoms with van der Waals surface area (Å²) < 4.78 is 0. The van der Waals surface area contributed by atoms with Gasteiger partial charge < -0.3 is 0 Å². The van der Waals surface area contributed by atoms with Gasteiger partial charge >= 0.3 is 0 Å². The van der Waals surface area contributed by atoms with Crippen LogP contribution in [0.15, 0.2) is 115 Å². The number of benzene rings is 4. The van der Waals surface area contributed by atoms with Gasteiger partial charge in [-0.05, 0) is 41.7 Å². The molecular formula is C29H26. The van der Waals surface area contributed by atoms with Crippen molar-refractivity contribution in [1.82, 2.24) is 0 Å². The molecule has 0 radical (unpaired) electrons. The fraction of sp³-hybridized carbons (Fsp3) is 0.103. The molecular weight excluding hydrogens is 348 g/mol. The van der Waals surface area contributed by atoms with Crippen molar-refractivity contribution in [2.45, 2.75) is 19.8 Å². The Morgan fingerprint density at radius 3 is 1.28 bits per heavy atom. The van der Waals surface area contributed by atoms with Crippen molar-refractivity contribution in [2.75, 3.05) is 0 Å². The van der Waals surface area contributed by atoms with E-state index in [1.54, 1.807) is 0 Å². The monoisotopic (exact) mass is 374 g/mol. The molecule has 0 nitrogen and oxygen atoms in total. The summed E-state index contributed by atoms with van der Waals surface area (Å²) in [7, 11) is 0. The average Bonchev–Trinajstić information content (AvgIpc) is 2.77. The predicted octanol–water partition coefficient (Wildman–Crippen LogP) is 7.57. The average molecular weight is 375 g/mol. The molecule has 0 aromatic heterocycles. The Bertz CT molecular complexity index is 983. The fourth-order valence-corrected chi connectivity index (χ4v) is 3.69. The highest BCUT2D eigenvalue weighted by Crippen LogP contribution is 2.33. The smallest absolute Gasteiger partial charge is 0.0278 e. The zero-order chi connectivity index (χ0) is 20.1. The van der Waals surface area contributed by atoms with Crippen molar-refractivity contribution in [3.63, 3.8) is 0 Å². The molecule has 0 fully saturated rings. The quantitative estimate of drug-likeness (QED) is 0.338. The molecule has 0 heterocycles. The van der Waals surface area contributed by atoms with Crippen molar-refractivity contribution in [2.24, 2.45) is 0 Å². The molecule has 0 amide bonds. The first-order valence-electron chi connectivity index (χ1n) is 10.2. The van der Waals surface area contributed by atoms with Gasteiger partial charge in [-0.25, -0.2) is 0 Å². The second-order valence-corrected chi connectivity index (χ2v) is 7.61.